The van der Waals surface area contributed by atoms with E-state index in [1.54, 1.807) is 36.4 Å². The third-order valence-corrected chi connectivity index (χ3v) is 4.37. The number of rotatable bonds is 4. The predicted molar refractivity (Wildman–Crippen MR) is 99.5 cm³/mol. The van der Waals surface area contributed by atoms with Crippen molar-refractivity contribution in [3.05, 3.63) is 52.0 Å². The monoisotopic (exact) mass is 394 g/mol. The van der Waals surface area contributed by atoms with Crippen molar-refractivity contribution in [2.24, 2.45) is 0 Å². The molecule has 2 amide bonds. The lowest BCUT2D eigenvalue weighted by atomic mass is 10.1. The summed E-state index contributed by atoms with van der Waals surface area (Å²) in [6, 6.07) is 9.84. The van der Waals surface area contributed by atoms with Crippen LogP contribution >= 0.6 is 23.2 Å². The highest BCUT2D eigenvalue weighted by Gasteiger charge is 2.19. The molecule has 0 aliphatic carbocycles. The maximum Gasteiger partial charge on any atom is 0.254 e. The van der Waals surface area contributed by atoms with Crippen LogP contribution in [0.1, 0.15) is 10.4 Å². The number of nitrogens with zero attached hydrogens (tertiary/aromatic N) is 1. The van der Waals surface area contributed by atoms with E-state index in [9.17, 15) is 9.59 Å². The van der Waals surface area contributed by atoms with Gasteiger partial charge in [-0.25, -0.2) is 0 Å². The number of amides is 2. The van der Waals surface area contributed by atoms with E-state index in [-0.39, 0.29) is 12.5 Å². The van der Waals surface area contributed by atoms with Crippen molar-refractivity contribution < 1.29 is 19.1 Å². The Labute approximate surface area is 160 Å². The molecule has 2 aromatic carbocycles. The van der Waals surface area contributed by atoms with Gasteiger partial charge in [-0.1, -0.05) is 29.3 Å². The first-order chi connectivity index (χ1) is 12.5. The largest absolute Gasteiger partial charge is 0.486 e. The Balaban J connectivity index is 1.66. The molecule has 26 heavy (non-hydrogen) atoms. The molecule has 0 saturated carbocycles. The molecule has 8 heteroatoms. The molecule has 0 fully saturated rings. The van der Waals surface area contributed by atoms with Crippen molar-refractivity contribution in [1.29, 1.82) is 0 Å². The minimum Gasteiger partial charge on any atom is -0.486 e. The summed E-state index contributed by atoms with van der Waals surface area (Å²) in [5.74, 6) is 0.389. The van der Waals surface area contributed by atoms with E-state index in [0.29, 0.717) is 46.0 Å². The molecule has 1 aliphatic rings. The molecule has 136 valence electrons. The fraction of sp³-hybridized carbons (Fsp3) is 0.222. The summed E-state index contributed by atoms with van der Waals surface area (Å²) >= 11 is 12.1. The summed E-state index contributed by atoms with van der Waals surface area (Å²) in [5, 5.41) is 3.28. The van der Waals surface area contributed by atoms with Gasteiger partial charge in [-0.15, -0.1) is 0 Å². The highest BCUT2D eigenvalue weighted by Crippen LogP contribution is 2.31. The Morgan fingerprint density at radius 3 is 2.42 bits per heavy atom. The molecule has 0 bridgehead atoms. The van der Waals surface area contributed by atoms with E-state index >= 15 is 0 Å². The van der Waals surface area contributed by atoms with Gasteiger partial charge >= 0.3 is 0 Å². The number of carbonyl (C=O) groups is 2. The van der Waals surface area contributed by atoms with Gasteiger partial charge in [0.15, 0.2) is 11.5 Å². The van der Waals surface area contributed by atoms with E-state index in [2.05, 4.69) is 5.32 Å². The minimum absolute atomic E-state index is 0.158. The molecule has 0 saturated heterocycles. The van der Waals surface area contributed by atoms with E-state index < -0.39 is 5.91 Å². The van der Waals surface area contributed by atoms with Crippen molar-refractivity contribution in [1.82, 2.24) is 4.90 Å². The highest BCUT2D eigenvalue weighted by atomic mass is 35.5. The molecular weight excluding hydrogens is 379 g/mol. The number of anilines is 1. The lowest BCUT2D eigenvalue weighted by Gasteiger charge is -2.21. The Morgan fingerprint density at radius 1 is 1.08 bits per heavy atom. The average Bonchev–Trinajstić information content (AvgIpc) is 2.63. The molecule has 0 aromatic heterocycles. The number of benzene rings is 2. The van der Waals surface area contributed by atoms with Gasteiger partial charge in [0.05, 0.1) is 22.3 Å². The van der Waals surface area contributed by atoms with Crippen LogP contribution in [0.4, 0.5) is 5.69 Å². The zero-order valence-corrected chi connectivity index (χ0v) is 15.4. The zero-order valence-electron chi connectivity index (χ0n) is 13.9. The maximum absolute atomic E-state index is 12.5. The van der Waals surface area contributed by atoms with Gasteiger partial charge in [-0.05, 0) is 30.3 Å². The summed E-state index contributed by atoms with van der Waals surface area (Å²) in [6.45, 7) is 0.751. The summed E-state index contributed by atoms with van der Waals surface area (Å²) in [5.41, 5.74) is 0.723. The molecule has 0 radical (unpaired) electrons. The van der Waals surface area contributed by atoms with Gasteiger partial charge in [0.2, 0.25) is 5.91 Å². The van der Waals surface area contributed by atoms with Gasteiger partial charge in [-0.3, -0.25) is 9.59 Å². The van der Waals surface area contributed by atoms with Crippen LogP contribution in [0.3, 0.4) is 0 Å². The smallest absolute Gasteiger partial charge is 0.254 e. The fourth-order valence-electron chi connectivity index (χ4n) is 2.48. The molecule has 0 spiro atoms. The fourth-order valence-corrected chi connectivity index (χ4v) is 2.97. The number of ether oxygens (including phenoxy) is 2. The second-order valence-electron chi connectivity index (χ2n) is 5.66. The van der Waals surface area contributed by atoms with Crippen molar-refractivity contribution in [3.8, 4) is 11.5 Å². The second kappa shape index (κ2) is 7.85. The second-order valence-corrected chi connectivity index (χ2v) is 6.48. The average molecular weight is 395 g/mol. The normalized spacial score (nSPS) is 12.4. The van der Waals surface area contributed by atoms with Gasteiger partial charge in [-0.2, -0.15) is 0 Å². The van der Waals surface area contributed by atoms with Gasteiger partial charge in [0.25, 0.3) is 5.91 Å². The quantitative estimate of drug-likeness (QED) is 0.861. The van der Waals surface area contributed by atoms with Crippen LogP contribution in [-0.4, -0.2) is 43.5 Å². The molecule has 0 unspecified atom stereocenters. The Kier molecular flexibility index (Phi) is 5.54. The van der Waals surface area contributed by atoms with Crippen LogP contribution in [0.5, 0.6) is 11.5 Å². The van der Waals surface area contributed by atoms with Gasteiger partial charge < -0.3 is 19.7 Å². The first-order valence-corrected chi connectivity index (χ1v) is 8.60. The third kappa shape index (κ3) is 4.03. The molecular formula is C18H16Cl2N2O4. The van der Waals surface area contributed by atoms with E-state index in [0.717, 1.165) is 0 Å². The first kappa shape index (κ1) is 18.4. The van der Waals surface area contributed by atoms with Crippen molar-refractivity contribution >= 4 is 40.7 Å². The van der Waals surface area contributed by atoms with Crippen LogP contribution in [0.15, 0.2) is 36.4 Å². The summed E-state index contributed by atoms with van der Waals surface area (Å²) in [6.07, 6.45) is 0. The Morgan fingerprint density at radius 2 is 1.73 bits per heavy atom. The van der Waals surface area contributed by atoms with Crippen LogP contribution in [0, 0.1) is 0 Å². The Hall–Kier alpha value is -2.44. The first-order valence-electron chi connectivity index (χ1n) is 7.84. The Bertz CT molecular complexity index is 837. The lowest BCUT2D eigenvalue weighted by Crippen LogP contribution is -2.35. The maximum atomic E-state index is 12.5. The van der Waals surface area contributed by atoms with Crippen LogP contribution < -0.4 is 14.8 Å². The SMILES string of the molecule is CN(CC(=O)Nc1c(Cl)cccc1Cl)C(=O)c1ccc2c(c1)OCCO2. The van der Waals surface area contributed by atoms with Crippen molar-refractivity contribution in [2.45, 2.75) is 0 Å². The van der Waals surface area contributed by atoms with Crippen molar-refractivity contribution in [3.63, 3.8) is 0 Å². The predicted octanol–water partition coefficient (Wildman–Crippen LogP) is 3.48. The highest BCUT2D eigenvalue weighted by molar-refractivity contribution is 6.39. The van der Waals surface area contributed by atoms with Crippen LogP contribution in [0.25, 0.3) is 0 Å². The van der Waals surface area contributed by atoms with Crippen LogP contribution in [0.2, 0.25) is 10.0 Å². The third-order valence-electron chi connectivity index (χ3n) is 3.74. The number of para-hydroxylation sites is 1. The minimum atomic E-state index is -0.409. The number of carbonyl (C=O) groups excluding carboxylic acids is 2. The molecule has 2 aromatic rings. The lowest BCUT2D eigenvalue weighted by molar-refractivity contribution is -0.116. The summed E-state index contributed by atoms with van der Waals surface area (Å²) in [4.78, 5) is 26.1. The number of nitrogens with one attached hydrogen (secondary N) is 1. The van der Waals surface area contributed by atoms with Gasteiger partial charge in [0.1, 0.15) is 13.2 Å². The van der Waals surface area contributed by atoms with E-state index in [1.165, 1.54) is 11.9 Å². The van der Waals surface area contributed by atoms with Crippen molar-refractivity contribution in [2.75, 3.05) is 32.1 Å². The molecule has 3 rings (SSSR count). The number of hydrogen-bond donors (Lipinski definition) is 1. The van der Waals surface area contributed by atoms with Gasteiger partial charge in [0, 0.05) is 12.6 Å². The number of fused-ring (bicyclic) bond motifs is 1. The molecule has 6 nitrogen and oxygen atoms in total. The molecule has 0 atom stereocenters. The number of halogens is 2. The van der Waals surface area contributed by atoms with Crippen LogP contribution in [-0.2, 0) is 4.79 Å². The summed E-state index contributed by atoms with van der Waals surface area (Å²) < 4.78 is 10.9. The zero-order chi connectivity index (χ0) is 18.7. The van der Waals surface area contributed by atoms with E-state index in [4.69, 9.17) is 32.7 Å². The number of likely N-dealkylation sites (N-methyl/N-ethyl adjacent to an activating group) is 1. The topological polar surface area (TPSA) is 67.9 Å². The molecule has 1 aliphatic heterocycles. The van der Waals surface area contributed by atoms with E-state index in [1.807, 2.05) is 0 Å². The summed E-state index contributed by atoms with van der Waals surface area (Å²) in [7, 11) is 1.53. The standard InChI is InChI=1S/C18H16Cl2N2O4/c1-22(10-16(23)21-17-12(19)3-2-4-13(17)20)18(24)11-5-6-14-15(9-11)26-8-7-25-14/h2-6,9H,7-8,10H2,1H3,(H,21,23). The molecule has 1 heterocycles. The number of hydrogen-bond acceptors (Lipinski definition) is 4. The molecule has 1 N–H and O–H groups in total.